The van der Waals surface area contributed by atoms with Crippen LogP contribution in [0.3, 0.4) is 0 Å². The smallest absolute Gasteiger partial charge is 0.0596 e. The molecule has 19 heavy (non-hydrogen) atoms. The summed E-state index contributed by atoms with van der Waals surface area (Å²) < 4.78 is 2.06. The van der Waals surface area contributed by atoms with Gasteiger partial charge < -0.3 is 5.73 Å². The Kier molecular flexibility index (Phi) is 5.31. The molecule has 0 spiro atoms. The topological polar surface area (TPSA) is 43.8 Å². The van der Waals surface area contributed by atoms with Crippen LogP contribution in [-0.4, -0.2) is 9.78 Å². The zero-order valence-corrected chi connectivity index (χ0v) is 12.6. The van der Waals surface area contributed by atoms with Crippen molar-refractivity contribution in [3.05, 3.63) is 53.3 Å². The fraction of sp³-hybridized carbons (Fsp3) is 0.438. The third kappa shape index (κ3) is 4.87. The van der Waals surface area contributed by atoms with Crippen LogP contribution in [0.4, 0.5) is 0 Å². The Morgan fingerprint density at radius 3 is 1.95 bits per heavy atom. The van der Waals surface area contributed by atoms with Crippen molar-refractivity contribution < 1.29 is 0 Å². The van der Waals surface area contributed by atoms with Gasteiger partial charge in [-0.2, -0.15) is 5.10 Å². The summed E-state index contributed by atoms with van der Waals surface area (Å²) in [6.07, 6.45) is 0. The highest BCUT2D eigenvalue weighted by molar-refractivity contribution is 5.13. The van der Waals surface area contributed by atoms with E-state index in [0.29, 0.717) is 6.54 Å². The van der Waals surface area contributed by atoms with E-state index in [2.05, 4.69) is 43.5 Å². The molecule has 0 unspecified atom stereocenters. The van der Waals surface area contributed by atoms with Crippen molar-refractivity contribution >= 4 is 0 Å². The van der Waals surface area contributed by atoms with Gasteiger partial charge in [-0.25, -0.2) is 0 Å². The molecule has 0 radical (unpaired) electrons. The van der Waals surface area contributed by atoms with Crippen molar-refractivity contribution in [1.82, 2.24) is 9.78 Å². The van der Waals surface area contributed by atoms with E-state index < -0.39 is 0 Å². The van der Waals surface area contributed by atoms with Gasteiger partial charge in [-0.15, -0.1) is 0 Å². The maximum absolute atomic E-state index is 5.35. The number of aromatic nitrogens is 2. The van der Waals surface area contributed by atoms with Crippen LogP contribution in [0.25, 0.3) is 0 Å². The molecule has 0 saturated heterocycles. The maximum atomic E-state index is 5.35. The number of rotatable bonds is 1. The van der Waals surface area contributed by atoms with Gasteiger partial charge in [0.15, 0.2) is 0 Å². The summed E-state index contributed by atoms with van der Waals surface area (Å²) in [5.41, 5.74) is 8.97. The van der Waals surface area contributed by atoms with Crippen LogP contribution in [-0.2, 0) is 12.1 Å². The number of nitrogens with two attached hydrogens (primary N) is 1. The van der Waals surface area contributed by atoms with Crippen LogP contribution >= 0.6 is 0 Å². The molecule has 1 aromatic heterocycles. The highest BCUT2D eigenvalue weighted by Gasteiger charge is 2.15. The molecule has 3 heteroatoms. The van der Waals surface area contributed by atoms with Crippen LogP contribution in [0.15, 0.2) is 36.4 Å². The Morgan fingerprint density at radius 2 is 1.68 bits per heavy atom. The molecule has 0 aliphatic rings. The predicted octanol–water partition coefficient (Wildman–Crippen LogP) is 3.40. The number of aryl methyl sites for hydroxylation is 2. The van der Waals surface area contributed by atoms with E-state index >= 15 is 0 Å². The van der Waals surface area contributed by atoms with Gasteiger partial charge in [-0.1, -0.05) is 30.3 Å². The second-order valence-corrected chi connectivity index (χ2v) is 5.70. The van der Waals surface area contributed by atoms with Crippen molar-refractivity contribution in [3.8, 4) is 0 Å². The monoisotopic (exact) mass is 259 g/mol. The second kappa shape index (κ2) is 6.53. The average molecular weight is 259 g/mol. The molecule has 0 atom stereocenters. The molecule has 2 aromatic rings. The number of benzene rings is 1. The van der Waals surface area contributed by atoms with E-state index in [4.69, 9.17) is 5.73 Å². The Hall–Kier alpha value is -1.61. The van der Waals surface area contributed by atoms with Crippen molar-refractivity contribution in [3.63, 3.8) is 0 Å². The molecule has 3 nitrogen and oxygen atoms in total. The molecule has 1 aromatic carbocycles. The lowest BCUT2D eigenvalue weighted by Crippen LogP contribution is -2.24. The Morgan fingerprint density at radius 1 is 1.11 bits per heavy atom. The first kappa shape index (κ1) is 15.4. The molecule has 2 rings (SSSR count). The molecule has 0 aliphatic heterocycles. The van der Waals surface area contributed by atoms with Crippen LogP contribution in [0, 0.1) is 13.8 Å². The van der Waals surface area contributed by atoms with Gasteiger partial charge in [0.2, 0.25) is 0 Å². The van der Waals surface area contributed by atoms with Gasteiger partial charge in [-0.05, 0) is 46.2 Å². The zero-order chi connectivity index (χ0) is 14.5. The first-order valence-electron chi connectivity index (χ1n) is 6.62. The summed E-state index contributed by atoms with van der Waals surface area (Å²) >= 11 is 0. The van der Waals surface area contributed by atoms with Crippen LogP contribution in [0.2, 0.25) is 0 Å². The lowest BCUT2D eigenvalue weighted by molar-refractivity contribution is 0.346. The molecule has 1 heterocycles. The van der Waals surface area contributed by atoms with Gasteiger partial charge in [0.1, 0.15) is 0 Å². The maximum Gasteiger partial charge on any atom is 0.0596 e. The molecule has 0 saturated carbocycles. The van der Waals surface area contributed by atoms with Crippen LogP contribution in [0.1, 0.15) is 37.7 Å². The summed E-state index contributed by atoms with van der Waals surface area (Å²) in [6.45, 7) is 11.2. The lowest BCUT2D eigenvalue weighted by Gasteiger charge is -2.21. The number of hydrogen-bond donors (Lipinski definition) is 1. The highest BCUT2D eigenvalue weighted by atomic mass is 15.3. The Bertz CT molecular complexity index is 492. The van der Waals surface area contributed by atoms with E-state index in [0.717, 1.165) is 5.69 Å². The first-order valence-corrected chi connectivity index (χ1v) is 6.62. The lowest BCUT2D eigenvalue weighted by atomic mass is 10.1. The number of hydrogen-bond acceptors (Lipinski definition) is 2. The highest BCUT2D eigenvalue weighted by Crippen LogP contribution is 2.15. The van der Waals surface area contributed by atoms with Gasteiger partial charge in [-0.3, -0.25) is 4.68 Å². The zero-order valence-electron chi connectivity index (χ0n) is 12.6. The standard InChI is InChI=1S/C9H16N2.C7H9N/c1-7-6-8(2)11(10-7)9(3,4)5;8-6-7-4-2-1-3-5-7/h6H,1-5H3;1-5H,6,8H2. The van der Waals surface area contributed by atoms with E-state index in [1.807, 2.05) is 37.3 Å². The normalized spacial score (nSPS) is 10.8. The van der Waals surface area contributed by atoms with Gasteiger partial charge in [0.05, 0.1) is 11.2 Å². The molecular weight excluding hydrogens is 234 g/mol. The summed E-state index contributed by atoms with van der Waals surface area (Å²) in [6, 6.07) is 12.1. The molecular formula is C16H25N3. The fourth-order valence-corrected chi connectivity index (χ4v) is 1.92. The van der Waals surface area contributed by atoms with Gasteiger partial charge in [0.25, 0.3) is 0 Å². The molecule has 0 aliphatic carbocycles. The van der Waals surface area contributed by atoms with Gasteiger partial charge in [0, 0.05) is 12.2 Å². The van der Waals surface area contributed by atoms with E-state index in [1.165, 1.54) is 11.3 Å². The largest absolute Gasteiger partial charge is 0.326 e. The van der Waals surface area contributed by atoms with Crippen molar-refractivity contribution in [2.24, 2.45) is 5.73 Å². The van der Waals surface area contributed by atoms with E-state index in [9.17, 15) is 0 Å². The minimum absolute atomic E-state index is 0.109. The van der Waals surface area contributed by atoms with E-state index in [-0.39, 0.29) is 5.54 Å². The molecule has 0 amide bonds. The fourth-order valence-electron chi connectivity index (χ4n) is 1.92. The molecule has 0 fully saturated rings. The predicted molar refractivity (Wildman–Crippen MR) is 81.0 cm³/mol. The third-order valence-corrected chi connectivity index (χ3v) is 2.72. The quantitative estimate of drug-likeness (QED) is 0.853. The summed E-state index contributed by atoms with van der Waals surface area (Å²) in [7, 11) is 0. The third-order valence-electron chi connectivity index (χ3n) is 2.72. The second-order valence-electron chi connectivity index (χ2n) is 5.70. The first-order chi connectivity index (χ1) is 8.84. The average Bonchev–Trinajstić information content (AvgIpc) is 2.70. The van der Waals surface area contributed by atoms with Crippen LogP contribution in [0.5, 0.6) is 0 Å². The summed E-state index contributed by atoms with van der Waals surface area (Å²) in [4.78, 5) is 0. The summed E-state index contributed by atoms with van der Waals surface area (Å²) in [5.74, 6) is 0. The molecule has 104 valence electrons. The van der Waals surface area contributed by atoms with Crippen molar-refractivity contribution in [2.75, 3.05) is 0 Å². The van der Waals surface area contributed by atoms with Crippen LogP contribution < -0.4 is 5.73 Å². The molecule has 0 bridgehead atoms. The molecule has 2 N–H and O–H groups in total. The number of nitrogens with zero attached hydrogens (tertiary/aromatic N) is 2. The Labute approximate surface area is 116 Å². The Balaban J connectivity index is 0.000000200. The summed E-state index contributed by atoms with van der Waals surface area (Å²) in [5, 5.41) is 4.40. The van der Waals surface area contributed by atoms with Crippen molar-refractivity contribution in [1.29, 1.82) is 0 Å². The van der Waals surface area contributed by atoms with Gasteiger partial charge >= 0.3 is 0 Å². The minimum Gasteiger partial charge on any atom is -0.326 e. The SMILES string of the molecule is Cc1cc(C)n(C(C)(C)C)n1.NCc1ccccc1. The van der Waals surface area contributed by atoms with E-state index in [1.54, 1.807) is 0 Å². The minimum atomic E-state index is 0.109. The van der Waals surface area contributed by atoms with Crippen molar-refractivity contribution in [2.45, 2.75) is 46.7 Å².